The summed E-state index contributed by atoms with van der Waals surface area (Å²) in [7, 11) is 0. The van der Waals surface area contributed by atoms with E-state index in [-0.39, 0.29) is 6.04 Å². The van der Waals surface area contributed by atoms with Crippen LogP contribution < -0.4 is 10.9 Å². The minimum atomic E-state index is 0.131. The highest BCUT2D eigenvalue weighted by molar-refractivity contribution is 7.80. The summed E-state index contributed by atoms with van der Waals surface area (Å²) in [6.07, 6.45) is 6.91. The summed E-state index contributed by atoms with van der Waals surface area (Å²) < 4.78 is 0. The maximum atomic E-state index is 5.43. The third-order valence-electron chi connectivity index (χ3n) is 3.42. The third kappa shape index (κ3) is 4.44. The van der Waals surface area contributed by atoms with E-state index >= 15 is 0 Å². The van der Waals surface area contributed by atoms with E-state index in [0.717, 1.165) is 23.9 Å². The molecule has 0 amide bonds. The van der Waals surface area contributed by atoms with E-state index in [1.54, 1.807) is 6.20 Å². The van der Waals surface area contributed by atoms with Crippen molar-refractivity contribution in [1.29, 1.82) is 0 Å². The number of rotatable bonds is 3. The summed E-state index contributed by atoms with van der Waals surface area (Å²) in [5.41, 5.74) is 7.37. The molecule has 1 saturated heterocycles. The van der Waals surface area contributed by atoms with E-state index in [0.29, 0.717) is 0 Å². The van der Waals surface area contributed by atoms with Gasteiger partial charge in [0, 0.05) is 19.3 Å². The second-order valence-corrected chi connectivity index (χ2v) is 5.34. The highest BCUT2D eigenvalue weighted by atomic mass is 32.1. The topological polar surface area (TPSA) is 40.2 Å². The van der Waals surface area contributed by atoms with E-state index in [9.17, 15) is 0 Å². The van der Waals surface area contributed by atoms with Crippen molar-refractivity contribution in [2.75, 3.05) is 13.1 Å². The molecule has 4 nitrogen and oxygen atoms in total. The van der Waals surface area contributed by atoms with Crippen LogP contribution in [0.3, 0.4) is 0 Å². The van der Waals surface area contributed by atoms with Crippen LogP contribution in [0.5, 0.6) is 0 Å². The molecule has 2 N–H and O–H groups in total. The Labute approximate surface area is 120 Å². The quantitative estimate of drug-likeness (QED) is 0.656. The minimum Gasteiger partial charge on any atom is -0.348 e. The van der Waals surface area contributed by atoms with Crippen molar-refractivity contribution in [2.45, 2.75) is 38.6 Å². The van der Waals surface area contributed by atoms with Crippen LogP contribution >= 0.6 is 12.2 Å². The fraction of sp³-hybridized carbons (Fsp3) is 0.571. The first-order valence-corrected chi connectivity index (χ1v) is 7.39. The first kappa shape index (κ1) is 14.2. The largest absolute Gasteiger partial charge is 0.348 e. The lowest BCUT2D eigenvalue weighted by atomic mass is 10.2. The third-order valence-corrected chi connectivity index (χ3v) is 3.78. The molecule has 104 valence electrons. The van der Waals surface area contributed by atoms with Crippen LogP contribution in [0.4, 0.5) is 0 Å². The van der Waals surface area contributed by atoms with Gasteiger partial charge < -0.3 is 4.90 Å². The number of hydrogen-bond donors (Lipinski definition) is 2. The number of pyridine rings is 1. The SMILES string of the molecule is C[C@H](NNC(=S)N1CCCCCC1)c1ccccn1. The molecule has 5 heteroatoms. The van der Waals surface area contributed by atoms with E-state index in [4.69, 9.17) is 12.2 Å². The second-order valence-electron chi connectivity index (χ2n) is 4.95. The average molecular weight is 278 g/mol. The Kier molecular flexibility index (Phi) is 5.54. The Hall–Kier alpha value is -1.20. The lowest BCUT2D eigenvalue weighted by Crippen LogP contribution is -2.47. The van der Waals surface area contributed by atoms with Gasteiger partial charge in [-0.05, 0) is 44.1 Å². The summed E-state index contributed by atoms with van der Waals surface area (Å²) >= 11 is 5.43. The van der Waals surface area contributed by atoms with Crippen LogP contribution in [0.1, 0.15) is 44.3 Å². The Bertz CT molecular complexity index is 388. The minimum absolute atomic E-state index is 0.131. The monoisotopic (exact) mass is 278 g/mol. The average Bonchev–Trinajstić information content (AvgIpc) is 2.74. The first-order chi connectivity index (χ1) is 9.27. The molecule has 2 heterocycles. The van der Waals surface area contributed by atoms with Gasteiger partial charge in [0.05, 0.1) is 11.7 Å². The van der Waals surface area contributed by atoms with Crippen LogP contribution in [0.25, 0.3) is 0 Å². The van der Waals surface area contributed by atoms with Crippen LogP contribution in [-0.2, 0) is 0 Å². The van der Waals surface area contributed by atoms with Crippen molar-refractivity contribution in [1.82, 2.24) is 20.7 Å². The lowest BCUT2D eigenvalue weighted by Gasteiger charge is -2.25. The molecule has 1 atom stereocenters. The van der Waals surface area contributed by atoms with Gasteiger partial charge in [0.2, 0.25) is 0 Å². The zero-order chi connectivity index (χ0) is 13.5. The molecular formula is C14H22N4S. The number of nitrogens with one attached hydrogen (secondary N) is 2. The number of hydrogen-bond acceptors (Lipinski definition) is 3. The Morgan fingerprint density at radius 2 is 2.00 bits per heavy atom. The van der Waals surface area contributed by atoms with Crippen LogP contribution in [0.2, 0.25) is 0 Å². The van der Waals surface area contributed by atoms with Gasteiger partial charge in [0.1, 0.15) is 0 Å². The van der Waals surface area contributed by atoms with Crippen molar-refractivity contribution in [3.63, 3.8) is 0 Å². The molecule has 0 saturated carbocycles. The van der Waals surface area contributed by atoms with Crippen molar-refractivity contribution in [3.05, 3.63) is 30.1 Å². The Morgan fingerprint density at radius 3 is 2.63 bits per heavy atom. The molecule has 0 aliphatic carbocycles. The number of thiocarbonyl (C=S) groups is 1. The summed E-state index contributed by atoms with van der Waals surface area (Å²) in [4.78, 5) is 6.58. The molecule has 1 aliphatic heterocycles. The fourth-order valence-corrected chi connectivity index (χ4v) is 2.47. The fourth-order valence-electron chi connectivity index (χ4n) is 2.23. The molecule has 1 aromatic rings. The predicted molar refractivity (Wildman–Crippen MR) is 81.6 cm³/mol. The maximum Gasteiger partial charge on any atom is 0.183 e. The number of likely N-dealkylation sites (tertiary alicyclic amines) is 1. The van der Waals surface area contributed by atoms with Crippen molar-refractivity contribution < 1.29 is 0 Å². The molecule has 1 aliphatic rings. The first-order valence-electron chi connectivity index (χ1n) is 6.99. The van der Waals surface area contributed by atoms with Crippen molar-refractivity contribution in [3.8, 4) is 0 Å². The molecule has 0 spiro atoms. The zero-order valence-corrected chi connectivity index (χ0v) is 12.2. The second kappa shape index (κ2) is 7.40. The van der Waals surface area contributed by atoms with Gasteiger partial charge in [-0.1, -0.05) is 18.9 Å². The maximum absolute atomic E-state index is 5.43. The standard InChI is InChI=1S/C14H22N4S/c1-12(13-8-4-5-9-15-13)16-17-14(19)18-10-6-2-3-7-11-18/h4-5,8-9,12,16H,2-3,6-7,10-11H2,1H3,(H,17,19)/t12-/m0/s1. The van der Waals surface area contributed by atoms with E-state index < -0.39 is 0 Å². The highest BCUT2D eigenvalue weighted by Crippen LogP contribution is 2.10. The summed E-state index contributed by atoms with van der Waals surface area (Å²) in [5, 5.41) is 0.796. The van der Waals surface area contributed by atoms with Crippen molar-refractivity contribution in [2.24, 2.45) is 0 Å². The van der Waals surface area contributed by atoms with Crippen molar-refractivity contribution >= 4 is 17.3 Å². The lowest BCUT2D eigenvalue weighted by molar-refractivity contribution is 0.407. The van der Waals surface area contributed by atoms with E-state index in [1.165, 1.54) is 25.7 Å². The van der Waals surface area contributed by atoms with Gasteiger partial charge in [0.15, 0.2) is 5.11 Å². The number of aromatic nitrogens is 1. The molecule has 19 heavy (non-hydrogen) atoms. The van der Waals surface area contributed by atoms with Crippen LogP contribution in [-0.4, -0.2) is 28.1 Å². The highest BCUT2D eigenvalue weighted by Gasteiger charge is 2.13. The number of hydrazine groups is 1. The van der Waals surface area contributed by atoms with Gasteiger partial charge >= 0.3 is 0 Å². The summed E-state index contributed by atoms with van der Waals surface area (Å²) in [6, 6.07) is 6.05. The summed E-state index contributed by atoms with van der Waals surface area (Å²) in [6.45, 7) is 4.19. The molecule has 0 unspecified atom stereocenters. The van der Waals surface area contributed by atoms with E-state index in [1.807, 2.05) is 18.2 Å². The number of nitrogens with zero attached hydrogens (tertiary/aromatic N) is 2. The van der Waals surface area contributed by atoms with Gasteiger partial charge in [-0.2, -0.15) is 0 Å². The van der Waals surface area contributed by atoms with Gasteiger partial charge in [-0.25, -0.2) is 5.43 Å². The zero-order valence-electron chi connectivity index (χ0n) is 11.4. The van der Waals surface area contributed by atoms with Crippen LogP contribution in [0.15, 0.2) is 24.4 Å². The molecular weight excluding hydrogens is 256 g/mol. The summed E-state index contributed by atoms with van der Waals surface area (Å²) in [5.74, 6) is 0. The molecule has 0 aromatic carbocycles. The molecule has 2 rings (SSSR count). The van der Waals surface area contributed by atoms with E-state index in [2.05, 4.69) is 27.7 Å². The smallest absolute Gasteiger partial charge is 0.183 e. The van der Waals surface area contributed by atoms with Crippen LogP contribution in [0, 0.1) is 0 Å². The Balaban J connectivity index is 1.79. The molecule has 1 aromatic heterocycles. The molecule has 0 radical (unpaired) electrons. The predicted octanol–water partition coefficient (Wildman–Crippen LogP) is 2.40. The normalized spacial score (nSPS) is 17.6. The molecule has 0 bridgehead atoms. The molecule has 1 fully saturated rings. The Morgan fingerprint density at radius 1 is 1.26 bits per heavy atom. The van der Waals surface area contributed by atoms with Gasteiger partial charge in [-0.15, -0.1) is 0 Å². The van der Waals surface area contributed by atoms with Gasteiger partial charge in [0.25, 0.3) is 0 Å². The van der Waals surface area contributed by atoms with Gasteiger partial charge in [-0.3, -0.25) is 10.4 Å².